The molecule has 5 aromatic heterocycles. The molecule has 150 valence electrons. The summed E-state index contributed by atoms with van der Waals surface area (Å²) < 4.78 is 7.24. The molecule has 0 bridgehead atoms. The maximum absolute atomic E-state index is 5.48. The lowest BCUT2D eigenvalue weighted by molar-refractivity contribution is 0.123. The van der Waals surface area contributed by atoms with E-state index in [1.54, 1.807) is 17.1 Å². The Morgan fingerprint density at radius 3 is 2.87 bits per heavy atom. The molecule has 1 aliphatic heterocycles. The number of morpholine rings is 1. The Morgan fingerprint density at radius 1 is 1.13 bits per heavy atom. The molecule has 10 nitrogen and oxygen atoms in total. The standard InChI is InChI=1S/C20H19N9O/c1-28-11-12(9-23-28)14-8-13-15(10-22-14)26-27-17(13)20-24-18-16(2-3-21-19(18)25-20)29-4-6-30-7-5-29/h2-3,8-11H,4-7H2,1H3,(H,26,27)(H,21,24,25). The van der Waals surface area contributed by atoms with Gasteiger partial charge in [0.2, 0.25) is 0 Å². The summed E-state index contributed by atoms with van der Waals surface area (Å²) in [6.07, 6.45) is 7.33. The molecule has 0 amide bonds. The Morgan fingerprint density at radius 2 is 2.03 bits per heavy atom. The van der Waals surface area contributed by atoms with Crippen LogP contribution in [0.3, 0.4) is 0 Å². The summed E-state index contributed by atoms with van der Waals surface area (Å²) in [6.45, 7) is 3.12. The first kappa shape index (κ1) is 17.1. The molecule has 0 saturated carbocycles. The van der Waals surface area contributed by atoms with Crippen molar-refractivity contribution in [2.75, 3.05) is 31.2 Å². The van der Waals surface area contributed by atoms with Crippen molar-refractivity contribution in [2.24, 2.45) is 7.05 Å². The minimum atomic E-state index is 0.674. The Bertz CT molecular complexity index is 1360. The van der Waals surface area contributed by atoms with Gasteiger partial charge in [-0.05, 0) is 12.1 Å². The van der Waals surface area contributed by atoms with Crippen LogP contribution in [0, 0.1) is 0 Å². The number of ether oxygens (including phenoxy) is 1. The van der Waals surface area contributed by atoms with Gasteiger partial charge in [-0.2, -0.15) is 10.2 Å². The van der Waals surface area contributed by atoms with E-state index in [2.05, 4.69) is 35.1 Å². The van der Waals surface area contributed by atoms with Crippen LogP contribution in [0.15, 0.2) is 36.9 Å². The Kier molecular flexibility index (Phi) is 3.78. The third-order valence-electron chi connectivity index (χ3n) is 5.39. The minimum Gasteiger partial charge on any atom is -0.378 e. The average molecular weight is 401 g/mol. The number of nitrogens with zero attached hydrogens (tertiary/aromatic N) is 7. The van der Waals surface area contributed by atoms with Gasteiger partial charge >= 0.3 is 0 Å². The first-order chi connectivity index (χ1) is 14.8. The zero-order valence-electron chi connectivity index (χ0n) is 16.3. The molecule has 6 heterocycles. The van der Waals surface area contributed by atoms with Crippen LogP contribution in [0.2, 0.25) is 0 Å². The highest BCUT2D eigenvalue weighted by atomic mass is 16.5. The number of anilines is 1. The molecular weight excluding hydrogens is 382 g/mol. The highest BCUT2D eigenvalue weighted by Crippen LogP contribution is 2.31. The zero-order valence-corrected chi connectivity index (χ0v) is 16.3. The van der Waals surface area contributed by atoms with Gasteiger partial charge in [0.1, 0.15) is 11.2 Å². The Balaban J connectivity index is 1.47. The Labute approximate surface area is 170 Å². The second kappa shape index (κ2) is 6.63. The van der Waals surface area contributed by atoms with E-state index in [9.17, 15) is 0 Å². The maximum Gasteiger partial charge on any atom is 0.161 e. The summed E-state index contributed by atoms with van der Waals surface area (Å²) in [5.74, 6) is 0.674. The molecule has 1 saturated heterocycles. The van der Waals surface area contributed by atoms with Crippen LogP contribution >= 0.6 is 0 Å². The number of H-pyrrole nitrogens is 2. The fourth-order valence-electron chi connectivity index (χ4n) is 3.88. The number of imidazole rings is 1. The third kappa shape index (κ3) is 2.72. The monoisotopic (exact) mass is 401 g/mol. The first-order valence-electron chi connectivity index (χ1n) is 9.77. The Hall–Kier alpha value is -3.79. The van der Waals surface area contributed by atoms with E-state index in [0.29, 0.717) is 5.82 Å². The minimum absolute atomic E-state index is 0.674. The first-order valence-corrected chi connectivity index (χ1v) is 9.77. The van der Waals surface area contributed by atoms with Crippen molar-refractivity contribution in [2.45, 2.75) is 0 Å². The van der Waals surface area contributed by atoms with Crippen molar-refractivity contribution >= 4 is 27.8 Å². The molecular formula is C20H19N9O. The fraction of sp³-hybridized carbons (Fsp3) is 0.250. The zero-order chi connectivity index (χ0) is 20.1. The lowest BCUT2D eigenvalue weighted by atomic mass is 10.1. The van der Waals surface area contributed by atoms with Crippen LogP contribution in [0.5, 0.6) is 0 Å². The number of aromatic nitrogens is 8. The predicted octanol–water partition coefficient (Wildman–Crippen LogP) is 2.13. The maximum atomic E-state index is 5.48. The van der Waals surface area contributed by atoms with Gasteiger partial charge in [0.05, 0.1) is 42.5 Å². The summed E-state index contributed by atoms with van der Waals surface area (Å²) in [6, 6.07) is 4.01. The van der Waals surface area contributed by atoms with E-state index in [0.717, 1.165) is 71.0 Å². The molecule has 0 radical (unpaired) electrons. The topological polar surface area (TPSA) is 113 Å². The van der Waals surface area contributed by atoms with Gasteiger partial charge in [-0.3, -0.25) is 14.8 Å². The number of aromatic amines is 2. The van der Waals surface area contributed by atoms with Crippen LogP contribution < -0.4 is 4.90 Å². The number of nitrogens with one attached hydrogen (secondary N) is 2. The van der Waals surface area contributed by atoms with Crippen LogP contribution in [0.25, 0.3) is 44.8 Å². The summed E-state index contributed by atoms with van der Waals surface area (Å²) in [7, 11) is 1.89. The van der Waals surface area contributed by atoms with E-state index in [-0.39, 0.29) is 0 Å². The molecule has 0 aromatic carbocycles. The average Bonchev–Trinajstić information content (AvgIpc) is 3.50. The predicted molar refractivity (Wildman–Crippen MR) is 112 cm³/mol. The van der Waals surface area contributed by atoms with Crippen molar-refractivity contribution in [3.63, 3.8) is 0 Å². The van der Waals surface area contributed by atoms with Crippen LogP contribution in [0.1, 0.15) is 0 Å². The van der Waals surface area contributed by atoms with Crippen molar-refractivity contribution in [1.29, 1.82) is 0 Å². The molecule has 2 N–H and O–H groups in total. The van der Waals surface area contributed by atoms with Crippen molar-refractivity contribution in [1.82, 2.24) is 39.9 Å². The second-order valence-corrected chi connectivity index (χ2v) is 7.30. The van der Waals surface area contributed by atoms with Gasteiger partial charge in [0.25, 0.3) is 0 Å². The third-order valence-corrected chi connectivity index (χ3v) is 5.39. The molecule has 1 aliphatic rings. The molecule has 0 aliphatic carbocycles. The molecule has 5 aromatic rings. The van der Waals surface area contributed by atoms with Gasteiger partial charge in [-0.25, -0.2) is 9.97 Å². The molecule has 10 heteroatoms. The van der Waals surface area contributed by atoms with Gasteiger partial charge in [0, 0.05) is 43.5 Å². The number of hydrogen-bond donors (Lipinski definition) is 2. The smallest absolute Gasteiger partial charge is 0.161 e. The van der Waals surface area contributed by atoms with Crippen molar-refractivity contribution in [3.05, 3.63) is 36.9 Å². The van der Waals surface area contributed by atoms with Gasteiger partial charge in [-0.1, -0.05) is 0 Å². The van der Waals surface area contributed by atoms with Crippen molar-refractivity contribution in [3.8, 4) is 22.8 Å². The molecule has 0 unspecified atom stereocenters. The largest absolute Gasteiger partial charge is 0.378 e. The molecule has 0 spiro atoms. The van der Waals surface area contributed by atoms with E-state index in [1.165, 1.54) is 0 Å². The normalized spacial score (nSPS) is 14.8. The number of rotatable bonds is 3. The quantitative estimate of drug-likeness (QED) is 0.476. The second-order valence-electron chi connectivity index (χ2n) is 7.30. The van der Waals surface area contributed by atoms with E-state index < -0.39 is 0 Å². The van der Waals surface area contributed by atoms with Crippen LogP contribution in [-0.2, 0) is 11.8 Å². The van der Waals surface area contributed by atoms with Crippen molar-refractivity contribution < 1.29 is 4.74 Å². The summed E-state index contributed by atoms with van der Waals surface area (Å²) >= 11 is 0. The van der Waals surface area contributed by atoms with E-state index in [1.807, 2.05) is 31.6 Å². The van der Waals surface area contributed by atoms with Crippen LogP contribution in [0.4, 0.5) is 5.69 Å². The highest BCUT2D eigenvalue weighted by Gasteiger charge is 2.19. The lowest BCUT2D eigenvalue weighted by Crippen LogP contribution is -2.36. The van der Waals surface area contributed by atoms with Crippen LogP contribution in [-0.4, -0.2) is 66.2 Å². The van der Waals surface area contributed by atoms with Gasteiger partial charge < -0.3 is 14.6 Å². The summed E-state index contributed by atoms with van der Waals surface area (Å²) in [5, 5.41) is 12.7. The molecule has 1 fully saturated rings. The molecule has 30 heavy (non-hydrogen) atoms. The lowest BCUT2D eigenvalue weighted by Gasteiger charge is -2.28. The molecule has 0 atom stereocenters. The number of fused-ring (bicyclic) bond motifs is 2. The van der Waals surface area contributed by atoms with Gasteiger partial charge in [0.15, 0.2) is 11.5 Å². The summed E-state index contributed by atoms with van der Waals surface area (Å²) in [4.78, 5) is 19.5. The highest BCUT2D eigenvalue weighted by molar-refractivity contribution is 5.95. The fourth-order valence-corrected chi connectivity index (χ4v) is 3.88. The van der Waals surface area contributed by atoms with E-state index in [4.69, 9.17) is 9.72 Å². The van der Waals surface area contributed by atoms with Gasteiger partial charge in [-0.15, -0.1) is 0 Å². The SMILES string of the molecule is Cn1cc(-c2cc3c(-c4nc5c(N6CCOCC6)ccnc5[nH]4)n[nH]c3cn2)cn1. The number of aryl methyl sites for hydroxylation is 1. The number of hydrogen-bond acceptors (Lipinski definition) is 7. The summed E-state index contributed by atoms with van der Waals surface area (Å²) in [5.41, 5.74) is 6.01. The van der Waals surface area contributed by atoms with E-state index >= 15 is 0 Å². The molecule has 6 rings (SSSR count). The number of pyridine rings is 2.